The molecular weight excluding hydrogens is 218 g/mol. The maximum atomic E-state index is 12.1. The quantitative estimate of drug-likeness (QED) is 0.747. The molecule has 5 heteroatoms. The number of nitrogens with zero attached hydrogens (tertiary/aromatic N) is 1. The van der Waals surface area contributed by atoms with Crippen LogP contribution < -0.4 is 11.1 Å². The molecular formula is C12H23N3O2. The summed E-state index contributed by atoms with van der Waals surface area (Å²) in [7, 11) is 0. The largest absolute Gasteiger partial charge is 0.367 e. The number of nitrogens with two attached hydrogens (primary N) is 1. The Labute approximate surface area is 103 Å². The van der Waals surface area contributed by atoms with Crippen molar-refractivity contribution in [2.75, 3.05) is 19.6 Å². The Bertz CT molecular complexity index is 289. The van der Waals surface area contributed by atoms with Gasteiger partial charge in [0.15, 0.2) is 0 Å². The summed E-state index contributed by atoms with van der Waals surface area (Å²) in [5, 5.41) is 3.06. The van der Waals surface area contributed by atoms with Gasteiger partial charge in [0.05, 0.1) is 18.2 Å². The molecule has 0 aromatic heterocycles. The average molecular weight is 241 g/mol. The summed E-state index contributed by atoms with van der Waals surface area (Å²) in [4.78, 5) is 13.9. The van der Waals surface area contributed by atoms with Crippen LogP contribution in [-0.4, -0.2) is 48.3 Å². The maximum absolute atomic E-state index is 12.1. The number of morpholine rings is 1. The number of hydrogen-bond acceptors (Lipinski definition) is 3. The fourth-order valence-corrected chi connectivity index (χ4v) is 2.39. The lowest BCUT2D eigenvalue weighted by Crippen LogP contribution is -2.59. The number of amides is 2. The Morgan fingerprint density at radius 3 is 2.76 bits per heavy atom. The normalized spacial score (nSPS) is 28.6. The topological polar surface area (TPSA) is 67.6 Å². The summed E-state index contributed by atoms with van der Waals surface area (Å²) in [5.41, 5.74) is 5.34. The first-order valence-corrected chi connectivity index (χ1v) is 6.43. The van der Waals surface area contributed by atoms with Crippen molar-refractivity contribution in [2.45, 2.75) is 50.9 Å². The molecule has 0 radical (unpaired) electrons. The molecule has 0 bridgehead atoms. The lowest BCUT2D eigenvalue weighted by atomic mass is 9.93. The minimum atomic E-state index is -0.306. The van der Waals surface area contributed by atoms with Crippen molar-refractivity contribution in [3.8, 4) is 0 Å². The Kier molecular flexibility index (Phi) is 3.58. The van der Waals surface area contributed by atoms with Crippen LogP contribution in [-0.2, 0) is 4.74 Å². The minimum absolute atomic E-state index is 0.0320. The summed E-state index contributed by atoms with van der Waals surface area (Å²) in [5.74, 6) is 0. The third kappa shape index (κ3) is 3.10. The lowest BCUT2D eigenvalue weighted by Gasteiger charge is -2.43. The van der Waals surface area contributed by atoms with Gasteiger partial charge < -0.3 is 20.7 Å². The molecule has 1 aliphatic carbocycles. The van der Waals surface area contributed by atoms with E-state index < -0.39 is 0 Å². The van der Waals surface area contributed by atoms with Crippen LogP contribution in [0.4, 0.5) is 4.79 Å². The number of carbonyl (C=O) groups excluding carboxylic acids is 1. The van der Waals surface area contributed by atoms with Crippen LogP contribution in [0.2, 0.25) is 0 Å². The number of ether oxygens (including phenoxy) is 1. The molecule has 2 aliphatic rings. The number of hydrogen-bond donors (Lipinski definition) is 2. The van der Waals surface area contributed by atoms with Crippen molar-refractivity contribution in [3.05, 3.63) is 0 Å². The van der Waals surface area contributed by atoms with Gasteiger partial charge >= 0.3 is 6.03 Å². The number of nitrogens with one attached hydrogen (secondary N) is 1. The molecule has 2 rings (SSSR count). The SMILES string of the molecule is CC1(C)CN(C(=O)NC2CCC2)CC(CN)O1. The fraction of sp³-hybridized carbons (Fsp3) is 0.917. The van der Waals surface area contributed by atoms with Crippen LogP contribution in [0.3, 0.4) is 0 Å². The molecule has 1 saturated heterocycles. The zero-order chi connectivity index (χ0) is 12.5. The van der Waals surface area contributed by atoms with Crippen LogP contribution >= 0.6 is 0 Å². The molecule has 2 fully saturated rings. The van der Waals surface area contributed by atoms with Crippen molar-refractivity contribution in [3.63, 3.8) is 0 Å². The van der Waals surface area contributed by atoms with Crippen LogP contribution in [0.1, 0.15) is 33.1 Å². The molecule has 0 aromatic rings. The summed E-state index contributed by atoms with van der Waals surface area (Å²) in [6, 6.07) is 0.411. The second-order valence-corrected chi connectivity index (χ2v) is 5.69. The molecule has 5 nitrogen and oxygen atoms in total. The van der Waals surface area contributed by atoms with E-state index in [1.54, 1.807) is 0 Å². The first-order chi connectivity index (χ1) is 8.00. The van der Waals surface area contributed by atoms with Gasteiger partial charge in [0, 0.05) is 19.1 Å². The highest BCUT2D eigenvalue weighted by molar-refractivity contribution is 5.74. The average Bonchev–Trinajstić information content (AvgIpc) is 2.20. The summed E-state index contributed by atoms with van der Waals surface area (Å²) >= 11 is 0. The van der Waals surface area contributed by atoms with Crippen molar-refractivity contribution < 1.29 is 9.53 Å². The molecule has 98 valence electrons. The van der Waals surface area contributed by atoms with Gasteiger partial charge in [0.2, 0.25) is 0 Å². The van der Waals surface area contributed by atoms with Gasteiger partial charge in [0.1, 0.15) is 0 Å². The summed E-state index contributed by atoms with van der Waals surface area (Å²) < 4.78 is 5.80. The van der Waals surface area contributed by atoms with Gasteiger partial charge in [0.25, 0.3) is 0 Å². The van der Waals surface area contributed by atoms with E-state index in [1.165, 1.54) is 6.42 Å². The second-order valence-electron chi connectivity index (χ2n) is 5.69. The van der Waals surface area contributed by atoms with Crippen LogP contribution in [0.25, 0.3) is 0 Å². The fourth-order valence-electron chi connectivity index (χ4n) is 2.39. The maximum Gasteiger partial charge on any atom is 0.317 e. The minimum Gasteiger partial charge on any atom is -0.367 e. The third-order valence-corrected chi connectivity index (χ3v) is 3.46. The van der Waals surface area contributed by atoms with E-state index in [1.807, 2.05) is 18.7 Å². The van der Waals surface area contributed by atoms with Crippen LogP contribution in [0.15, 0.2) is 0 Å². The molecule has 1 heterocycles. The molecule has 17 heavy (non-hydrogen) atoms. The van der Waals surface area contributed by atoms with E-state index in [0.29, 0.717) is 25.7 Å². The zero-order valence-electron chi connectivity index (χ0n) is 10.7. The Hall–Kier alpha value is -0.810. The first kappa shape index (κ1) is 12.6. The van der Waals surface area contributed by atoms with Crippen molar-refractivity contribution in [2.24, 2.45) is 5.73 Å². The molecule has 1 aliphatic heterocycles. The predicted octanol–water partition coefficient (Wildman–Crippen LogP) is 0.687. The van der Waals surface area contributed by atoms with Gasteiger partial charge in [-0.05, 0) is 33.1 Å². The highest BCUT2D eigenvalue weighted by atomic mass is 16.5. The van der Waals surface area contributed by atoms with Gasteiger partial charge in [-0.1, -0.05) is 0 Å². The van der Waals surface area contributed by atoms with Gasteiger partial charge in [-0.15, -0.1) is 0 Å². The molecule has 2 amide bonds. The van der Waals surface area contributed by atoms with Gasteiger partial charge in [-0.3, -0.25) is 0 Å². The van der Waals surface area contributed by atoms with E-state index in [-0.39, 0.29) is 17.7 Å². The molecule has 1 unspecified atom stereocenters. The molecule has 1 saturated carbocycles. The highest BCUT2D eigenvalue weighted by Crippen LogP contribution is 2.22. The van der Waals surface area contributed by atoms with E-state index in [2.05, 4.69) is 5.32 Å². The van der Waals surface area contributed by atoms with E-state index >= 15 is 0 Å². The third-order valence-electron chi connectivity index (χ3n) is 3.46. The number of rotatable bonds is 2. The molecule has 1 atom stereocenters. The van der Waals surface area contributed by atoms with Crippen LogP contribution in [0, 0.1) is 0 Å². The summed E-state index contributed by atoms with van der Waals surface area (Å²) in [6.07, 6.45) is 3.40. The van der Waals surface area contributed by atoms with E-state index in [0.717, 1.165) is 12.8 Å². The van der Waals surface area contributed by atoms with E-state index in [4.69, 9.17) is 10.5 Å². The molecule has 0 spiro atoms. The van der Waals surface area contributed by atoms with Crippen molar-refractivity contribution in [1.82, 2.24) is 10.2 Å². The Morgan fingerprint density at radius 2 is 2.24 bits per heavy atom. The zero-order valence-corrected chi connectivity index (χ0v) is 10.7. The Morgan fingerprint density at radius 1 is 1.53 bits per heavy atom. The molecule has 3 N–H and O–H groups in total. The summed E-state index contributed by atoms with van der Waals surface area (Å²) in [6.45, 7) is 5.67. The smallest absolute Gasteiger partial charge is 0.317 e. The second kappa shape index (κ2) is 4.82. The molecule has 0 aromatic carbocycles. The lowest BCUT2D eigenvalue weighted by molar-refractivity contribution is -0.120. The first-order valence-electron chi connectivity index (χ1n) is 6.43. The van der Waals surface area contributed by atoms with Crippen molar-refractivity contribution >= 4 is 6.03 Å². The standard InChI is InChI=1S/C12H23N3O2/c1-12(2)8-15(7-10(6-13)17-12)11(16)14-9-4-3-5-9/h9-10H,3-8,13H2,1-2H3,(H,14,16). The number of carbonyl (C=O) groups is 1. The predicted molar refractivity (Wildman–Crippen MR) is 65.8 cm³/mol. The monoisotopic (exact) mass is 241 g/mol. The van der Waals surface area contributed by atoms with Gasteiger partial charge in [-0.25, -0.2) is 4.79 Å². The van der Waals surface area contributed by atoms with Crippen molar-refractivity contribution in [1.29, 1.82) is 0 Å². The Balaban J connectivity index is 1.91. The number of urea groups is 1. The van der Waals surface area contributed by atoms with Crippen LogP contribution in [0.5, 0.6) is 0 Å². The van der Waals surface area contributed by atoms with Gasteiger partial charge in [-0.2, -0.15) is 0 Å². The highest BCUT2D eigenvalue weighted by Gasteiger charge is 2.35. The van der Waals surface area contributed by atoms with E-state index in [9.17, 15) is 4.79 Å².